The monoisotopic (exact) mass is 456 g/mol. The molecule has 0 unspecified atom stereocenters. The minimum atomic E-state index is -0.574. The van der Waals surface area contributed by atoms with Crippen LogP contribution in [0.5, 0.6) is 5.75 Å². The first-order valence-electron chi connectivity index (χ1n) is 8.96. The fourth-order valence-corrected chi connectivity index (χ4v) is 3.84. The van der Waals surface area contributed by atoms with Gasteiger partial charge in [0.05, 0.1) is 23.1 Å². The van der Waals surface area contributed by atoms with E-state index in [9.17, 15) is 19.2 Å². The second kappa shape index (κ2) is 6.81. The molecule has 0 atom stereocenters. The van der Waals surface area contributed by atoms with Crippen molar-refractivity contribution < 1.29 is 23.9 Å². The van der Waals surface area contributed by atoms with E-state index in [1.165, 1.54) is 0 Å². The number of ether oxygens (including phenoxy) is 1. The molecular formula is C21H17BrN2O5. The highest BCUT2D eigenvalue weighted by Crippen LogP contribution is 2.34. The van der Waals surface area contributed by atoms with Crippen molar-refractivity contribution in [2.75, 3.05) is 11.9 Å². The molecule has 148 valence electrons. The van der Waals surface area contributed by atoms with Crippen LogP contribution >= 0.6 is 15.9 Å². The number of carbonyl (C=O) groups is 4. The van der Waals surface area contributed by atoms with Crippen molar-refractivity contribution in [3.05, 3.63) is 57.6 Å². The lowest BCUT2D eigenvalue weighted by molar-refractivity contribution is -0.116. The zero-order chi connectivity index (χ0) is 20.9. The molecule has 4 rings (SSSR count). The third-order valence-corrected chi connectivity index (χ3v) is 5.26. The van der Waals surface area contributed by atoms with E-state index in [0.717, 1.165) is 4.90 Å². The van der Waals surface area contributed by atoms with Gasteiger partial charge in [0, 0.05) is 10.2 Å². The zero-order valence-electron chi connectivity index (χ0n) is 15.7. The van der Waals surface area contributed by atoms with E-state index in [1.54, 1.807) is 36.4 Å². The number of nitrogens with one attached hydrogen (secondary N) is 1. The van der Waals surface area contributed by atoms with Crippen molar-refractivity contribution in [2.24, 2.45) is 0 Å². The third kappa shape index (κ3) is 3.55. The molecule has 2 aromatic rings. The van der Waals surface area contributed by atoms with E-state index in [-0.39, 0.29) is 23.3 Å². The quantitative estimate of drug-likeness (QED) is 0.714. The first-order chi connectivity index (χ1) is 13.6. The summed E-state index contributed by atoms with van der Waals surface area (Å²) in [4.78, 5) is 50.7. The number of nitrogens with zero attached hydrogens (tertiary/aromatic N) is 1. The molecule has 2 aliphatic heterocycles. The minimum absolute atomic E-state index is 0.0710. The van der Waals surface area contributed by atoms with Gasteiger partial charge in [-0.15, -0.1) is 0 Å². The maximum absolute atomic E-state index is 12.5. The van der Waals surface area contributed by atoms with Crippen molar-refractivity contribution in [1.29, 1.82) is 0 Å². The van der Waals surface area contributed by atoms with Crippen LogP contribution in [0.3, 0.4) is 0 Å². The van der Waals surface area contributed by atoms with Gasteiger partial charge in [-0.25, -0.2) is 0 Å². The molecule has 2 aromatic carbocycles. The molecule has 0 fully saturated rings. The highest BCUT2D eigenvalue weighted by molar-refractivity contribution is 9.10. The molecule has 7 nitrogen and oxygen atoms in total. The summed E-state index contributed by atoms with van der Waals surface area (Å²) in [6.45, 7) is 3.26. The summed E-state index contributed by atoms with van der Waals surface area (Å²) in [7, 11) is 0. The Kier molecular flexibility index (Phi) is 4.53. The number of imide groups is 1. The number of Topliss-reactive ketones (excluding diaryl/α,β-unsaturated/α-hetero) is 1. The van der Waals surface area contributed by atoms with Gasteiger partial charge in [-0.1, -0.05) is 15.9 Å². The summed E-state index contributed by atoms with van der Waals surface area (Å²) in [6.07, 6.45) is 0.238. The van der Waals surface area contributed by atoms with Crippen LogP contribution in [-0.2, 0) is 4.79 Å². The molecule has 29 heavy (non-hydrogen) atoms. The van der Waals surface area contributed by atoms with Gasteiger partial charge >= 0.3 is 0 Å². The lowest BCUT2D eigenvalue weighted by atomic mass is 9.93. The van der Waals surface area contributed by atoms with Crippen LogP contribution < -0.4 is 10.1 Å². The number of carbonyl (C=O) groups excluding carboxylic acids is 4. The maximum atomic E-state index is 12.5. The predicted molar refractivity (Wildman–Crippen MR) is 108 cm³/mol. The molecule has 3 amide bonds. The van der Waals surface area contributed by atoms with Crippen molar-refractivity contribution in [3.8, 4) is 5.75 Å². The molecule has 8 heteroatoms. The average Bonchev–Trinajstić information content (AvgIpc) is 2.86. The summed E-state index contributed by atoms with van der Waals surface area (Å²) in [5.74, 6) is -1.17. The molecule has 2 heterocycles. The van der Waals surface area contributed by atoms with Gasteiger partial charge in [-0.3, -0.25) is 24.1 Å². The average molecular weight is 457 g/mol. The van der Waals surface area contributed by atoms with Crippen LogP contribution in [0.4, 0.5) is 5.69 Å². The number of fused-ring (bicyclic) bond motifs is 2. The normalized spacial score (nSPS) is 16.9. The van der Waals surface area contributed by atoms with Gasteiger partial charge in [-0.05, 0) is 50.2 Å². The third-order valence-electron chi connectivity index (χ3n) is 4.77. The zero-order valence-corrected chi connectivity index (χ0v) is 17.3. The van der Waals surface area contributed by atoms with Gasteiger partial charge in [0.1, 0.15) is 17.9 Å². The van der Waals surface area contributed by atoms with Crippen LogP contribution in [0.15, 0.2) is 40.9 Å². The highest BCUT2D eigenvalue weighted by Gasteiger charge is 2.37. The Morgan fingerprint density at radius 1 is 1.07 bits per heavy atom. The highest BCUT2D eigenvalue weighted by atomic mass is 79.9. The molecule has 2 aliphatic rings. The number of ketones is 1. The maximum Gasteiger partial charge on any atom is 0.262 e. The summed E-state index contributed by atoms with van der Waals surface area (Å²) in [6, 6.07) is 9.57. The molecule has 1 N–H and O–H groups in total. The van der Waals surface area contributed by atoms with Crippen molar-refractivity contribution in [2.45, 2.75) is 25.9 Å². The van der Waals surface area contributed by atoms with Crippen LogP contribution in [0.2, 0.25) is 0 Å². The number of benzene rings is 2. The SMILES string of the molecule is CC1(C)CC(=O)c2cc(NC(=O)CN3C(=O)c4ccc(Br)cc4C3=O)ccc2O1. The Bertz CT molecular complexity index is 1090. The minimum Gasteiger partial charge on any atom is -0.487 e. The number of hydrogen-bond donors (Lipinski definition) is 1. The van der Waals surface area contributed by atoms with Gasteiger partial charge in [0.2, 0.25) is 5.91 Å². The van der Waals surface area contributed by atoms with Gasteiger partial charge in [0.25, 0.3) is 11.8 Å². The summed E-state index contributed by atoms with van der Waals surface area (Å²) in [5, 5.41) is 2.64. The first kappa shape index (κ1) is 19.3. The lowest BCUT2D eigenvalue weighted by Crippen LogP contribution is -2.37. The Balaban J connectivity index is 1.49. The lowest BCUT2D eigenvalue weighted by Gasteiger charge is -2.31. The fourth-order valence-electron chi connectivity index (χ4n) is 3.48. The molecule has 0 saturated carbocycles. The van der Waals surface area contributed by atoms with Crippen molar-refractivity contribution in [3.63, 3.8) is 0 Å². The molecule has 0 aliphatic carbocycles. The summed E-state index contributed by atoms with van der Waals surface area (Å²) < 4.78 is 6.47. The molecular weight excluding hydrogens is 440 g/mol. The van der Waals surface area contributed by atoms with E-state index >= 15 is 0 Å². The summed E-state index contributed by atoms with van der Waals surface area (Å²) >= 11 is 3.27. The number of anilines is 1. The molecule has 0 aromatic heterocycles. The Morgan fingerprint density at radius 3 is 2.55 bits per heavy atom. The van der Waals surface area contributed by atoms with E-state index in [2.05, 4.69) is 21.2 Å². The van der Waals surface area contributed by atoms with Crippen molar-refractivity contribution >= 4 is 45.1 Å². The van der Waals surface area contributed by atoms with Crippen LogP contribution in [0, 0.1) is 0 Å². The van der Waals surface area contributed by atoms with Gasteiger partial charge < -0.3 is 10.1 Å². The van der Waals surface area contributed by atoms with Gasteiger partial charge in [-0.2, -0.15) is 0 Å². The fraction of sp³-hybridized carbons (Fsp3) is 0.238. The molecule has 0 spiro atoms. The number of halogens is 1. The largest absolute Gasteiger partial charge is 0.487 e. The second-order valence-electron chi connectivity index (χ2n) is 7.61. The smallest absolute Gasteiger partial charge is 0.262 e. The number of amides is 3. The van der Waals surface area contributed by atoms with Crippen LogP contribution in [-0.4, -0.2) is 40.6 Å². The van der Waals surface area contributed by atoms with E-state index in [4.69, 9.17) is 4.74 Å². The second-order valence-corrected chi connectivity index (χ2v) is 8.52. The van der Waals surface area contributed by atoms with Crippen LogP contribution in [0.25, 0.3) is 0 Å². The van der Waals surface area contributed by atoms with E-state index in [1.807, 2.05) is 13.8 Å². The molecule has 0 bridgehead atoms. The molecule has 0 radical (unpaired) electrons. The van der Waals surface area contributed by atoms with E-state index < -0.39 is 29.9 Å². The summed E-state index contributed by atoms with van der Waals surface area (Å²) in [5.41, 5.74) is 0.744. The topological polar surface area (TPSA) is 92.8 Å². The van der Waals surface area contributed by atoms with Gasteiger partial charge in [0.15, 0.2) is 5.78 Å². The standard InChI is InChI=1S/C21H17BrN2O5/c1-21(2)9-16(25)15-8-12(4-6-17(15)29-21)23-18(26)10-24-19(27)13-5-3-11(22)7-14(13)20(24)28/h3-8H,9-10H2,1-2H3,(H,23,26). The number of rotatable bonds is 3. The number of hydrogen-bond acceptors (Lipinski definition) is 5. The van der Waals surface area contributed by atoms with E-state index in [0.29, 0.717) is 21.5 Å². The molecule has 0 saturated heterocycles. The van der Waals surface area contributed by atoms with Crippen LogP contribution in [0.1, 0.15) is 51.3 Å². The Hall–Kier alpha value is -3.00. The van der Waals surface area contributed by atoms with Crippen molar-refractivity contribution in [1.82, 2.24) is 4.90 Å². The Labute approximate surface area is 175 Å². The predicted octanol–water partition coefficient (Wildman–Crippen LogP) is 3.43. The first-order valence-corrected chi connectivity index (χ1v) is 9.76. The Morgan fingerprint density at radius 2 is 1.79 bits per heavy atom.